The number of nitrogens with zero attached hydrogens (tertiary/aromatic N) is 6. The summed E-state index contributed by atoms with van der Waals surface area (Å²) in [6, 6.07) is 29.2. The monoisotopic (exact) mass is 524 g/mol. The molecule has 0 aliphatic heterocycles. The number of aromatic nitrogens is 6. The molecule has 0 aliphatic carbocycles. The largest absolute Gasteiger partial charge is 0.421 e. The molecule has 7 heteroatoms. The van der Waals surface area contributed by atoms with Gasteiger partial charge in [0.1, 0.15) is 11.6 Å². The molecule has 0 saturated carbocycles. The van der Waals surface area contributed by atoms with Crippen LogP contribution < -0.4 is 0 Å². The molecule has 7 nitrogen and oxygen atoms in total. The van der Waals surface area contributed by atoms with Crippen molar-refractivity contribution < 1.29 is 4.42 Å². The fraction of sp³-hybridized carbons (Fsp3) is 0.182. The van der Waals surface area contributed by atoms with Gasteiger partial charge in [0.05, 0.1) is 44.3 Å². The number of hydrogen-bond acceptors (Lipinski definition) is 4. The van der Waals surface area contributed by atoms with Gasteiger partial charge in [-0.3, -0.25) is 13.5 Å². The van der Waals surface area contributed by atoms with Crippen molar-refractivity contribution >= 4 is 50.0 Å². The predicted molar refractivity (Wildman–Crippen MR) is 160 cm³/mol. The Balaban J connectivity index is 1.40. The third-order valence-electron chi connectivity index (χ3n) is 7.72. The van der Waals surface area contributed by atoms with Crippen molar-refractivity contribution in [1.82, 2.24) is 28.5 Å². The first-order valence-electron chi connectivity index (χ1n) is 13.8. The highest BCUT2D eigenvalue weighted by Crippen LogP contribution is 2.35. The molecule has 8 aromatic rings. The Labute approximate surface area is 230 Å². The quantitative estimate of drug-likeness (QED) is 0.233. The average Bonchev–Trinajstić information content (AvgIpc) is 3.71. The summed E-state index contributed by atoms with van der Waals surface area (Å²) in [5.41, 5.74) is 9.80. The van der Waals surface area contributed by atoms with E-state index in [1.54, 1.807) is 0 Å². The van der Waals surface area contributed by atoms with Gasteiger partial charge in [0.2, 0.25) is 0 Å². The van der Waals surface area contributed by atoms with Gasteiger partial charge in [-0.05, 0) is 54.6 Å². The molecule has 0 spiro atoms. The molecule has 196 valence electrons. The Morgan fingerprint density at radius 2 is 1.18 bits per heavy atom. The number of hydrogen-bond donors (Lipinski definition) is 0. The van der Waals surface area contributed by atoms with Gasteiger partial charge in [-0.1, -0.05) is 58.0 Å². The van der Waals surface area contributed by atoms with Gasteiger partial charge in [-0.15, -0.1) is 0 Å². The molecular weight excluding hydrogens is 496 g/mol. The lowest BCUT2D eigenvalue weighted by Crippen LogP contribution is -2.03. The lowest BCUT2D eigenvalue weighted by Gasteiger charge is -2.12. The summed E-state index contributed by atoms with van der Waals surface area (Å²) in [5.74, 6) is 3.12. The van der Waals surface area contributed by atoms with E-state index in [0.29, 0.717) is 5.84 Å². The van der Waals surface area contributed by atoms with Crippen LogP contribution in [-0.4, -0.2) is 28.5 Å². The van der Waals surface area contributed by atoms with Crippen molar-refractivity contribution in [1.29, 1.82) is 0 Å². The molecule has 4 heterocycles. The van der Waals surface area contributed by atoms with Crippen LogP contribution in [-0.2, 0) is 0 Å². The van der Waals surface area contributed by atoms with Crippen molar-refractivity contribution in [2.75, 3.05) is 0 Å². The fourth-order valence-electron chi connectivity index (χ4n) is 5.93. The van der Waals surface area contributed by atoms with E-state index >= 15 is 0 Å². The van der Waals surface area contributed by atoms with Gasteiger partial charge in [-0.25, -0.2) is 9.97 Å². The van der Waals surface area contributed by atoms with Gasteiger partial charge in [-0.2, -0.15) is 4.98 Å². The highest BCUT2D eigenvalue weighted by molar-refractivity contribution is 5.94. The SMILES string of the molecule is CC(C)c1nc2ccccc2n1-c1ccc2nc3oc4c(-n5c(C(C)C)nc6ccccc65)cccc4n3c2c1. The first-order chi connectivity index (χ1) is 19.5. The third-order valence-corrected chi connectivity index (χ3v) is 7.72. The minimum Gasteiger partial charge on any atom is -0.421 e. The lowest BCUT2D eigenvalue weighted by atomic mass is 10.2. The van der Waals surface area contributed by atoms with Gasteiger partial charge in [0.25, 0.3) is 0 Å². The smallest absolute Gasteiger partial charge is 0.307 e. The second-order valence-electron chi connectivity index (χ2n) is 11.0. The number of para-hydroxylation sites is 5. The summed E-state index contributed by atoms with van der Waals surface area (Å²) >= 11 is 0. The number of oxazole rings is 1. The number of fused-ring (bicyclic) bond motifs is 7. The van der Waals surface area contributed by atoms with Gasteiger partial charge in [0, 0.05) is 17.5 Å². The second kappa shape index (κ2) is 8.29. The van der Waals surface area contributed by atoms with Crippen LogP contribution in [0.4, 0.5) is 0 Å². The maximum atomic E-state index is 6.52. The Hall–Kier alpha value is -4.91. The molecular formula is C33H28N6O. The van der Waals surface area contributed by atoms with Crippen molar-refractivity contribution in [2.24, 2.45) is 0 Å². The highest BCUT2D eigenvalue weighted by Gasteiger charge is 2.22. The zero-order valence-corrected chi connectivity index (χ0v) is 22.8. The number of benzene rings is 4. The molecule has 0 radical (unpaired) electrons. The van der Waals surface area contributed by atoms with Crippen LogP contribution in [0.3, 0.4) is 0 Å². The molecule has 0 N–H and O–H groups in total. The predicted octanol–water partition coefficient (Wildman–Crippen LogP) is 8.16. The van der Waals surface area contributed by atoms with Crippen molar-refractivity contribution in [3.63, 3.8) is 0 Å². The molecule has 0 unspecified atom stereocenters. The fourth-order valence-corrected chi connectivity index (χ4v) is 5.93. The third kappa shape index (κ3) is 3.14. The Kier molecular flexibility index (Phi) is 4.77. The Morgan fingerprint density at radius 3 is 1.88 bits per heavy atom. The molecule has 0 saturated heterocycles. The summed E-state index contributed by atoms with van der Waals surface area (Å²) in [6.07, 6.45) is 0. The van der Waals surface area contributed by atoms with Crippen molar-refractivity contribution in [3.05, 3.63) is 96.6 Å². The van der Waals surface area contributed by atoms with Crippen LogP contribution in [0.1, 0.15) is 51.2 Å². The van der Waals surface area contributed by atoms with Crippen LogP contribution in [0.25, 0.3) is 61.4 Å². The van der Waals surface area contributed by atoms with E-state index in [4.69, 9.17) is 19.4 Å². The normalized spacial score (nSPS) is 12.4. The summed E-state index contributed by atoms with van der Waals surface area (Å²) in [4.78, 5) is 14.8. The summed E-state index contributed by atoms with van der Waals surface area (Å²) < 4.78 is 13.1. The molecule has 4 aromatic carbocycles. The van der Waals surface area contributed by atoms with E-state index in [-0.39, 0.29) is 11.8 Å². The molecule has 0 aliphatic rings. The number of rotatable bonds is 4. The van der Waals surface area contributed by atoms with Crippen LogP contribution in [0.15, 0.2) is 89.3 Å². The summed E-state index contributed by atoms with van der Waals surface area (Å²) in [7, 11) is 0. The average molecular weight is 525 g/mol. The molecule has 40 heavy (non-hydrogen) atoms. The summed E-state index contributed by atoms with van der Waals surface area (Å²) in [6.45, 7) is 8.72. The van der Waals surface area contributed by atoms with E-state index in [0.717, 1.165) is 67.2 Å². The van der Waals surface area contributed by atoms with Crippen molar-refractivity contribution in [2.45, 2.75) is 39.5 Å². The van der Waals surface area contributed by atoms with Crippen LogP contribution in [0.5, 0.6) is 0 Å². The highest BCUT2D eigenvalue weighted by atomic mass is 16.4. The Morgan fingerprint density at radius 1 is 0.575 bits per heavy atom. The first-order valence-corrected chi connectivity index (χ1v) is 13.8. The molecule has 0 atom stereocenters. The van der Waals surface area contributed by atoms with Gasteiger partial charge in [0.15, 0.2) is 5.58 Å². The zero-order chi connectivity index (χ0) is 27.1. The molecule has 4 aromatic heterocycles. The molecule has 0 amide bonds. The topological polar surface area (TPSA) is 66.1 Å². The van der Waals surface area contributed by atoms with Crippen LogP contribution >= 0.6 is 0 Å². The Bertz CT molecular complexity index is 2230. The lowest BCUT2D eigenvalue weighted by molar-refractivity contribution is 0.638. The van der Waals surface area contributed by atoms with Gasteiger partial charge >= 0.3 is 5.84 Å². The maximum Gasteiger partial charge on any atom is 0.307 e. The first kappa shape index (κ1) is 23.0. The second-order valence-corrected chi connectivity index (χ2v) is 11.0. The van der Waals surface area contributed by atoms with Crippen LogP contribution in [0.2, 0.25) is 0 Å². The minimum absolute atomic E-state index is 0.241. The van der Waals surface area contributed by atoms with Gasteiger partial charge < -0.3 is 4.42 Å². The van der Waals surface area contributed by atoms with Crippen molar-refractivity contribution in [3.8, 4) is 11.4 Å². The van der Waals surface area contributed by atoms with Crippen LogP contribution in [0, 0.1) is 0 Å². The van der Waals surface area contributed by atoms with E-state index in [1.807, 2.05) is 12.1 Å². The maximum absolute atomic E-state index is 6.52. The number of imidazole rings is 3. The van der Waals surface area contributed by atoms with E-state index in [1.165, 1.54) is 0 Å². The van der Waals surface area contributed by atoms with E-state index in [9.17, 15) is 0 Å². The standard InChI is InChI=1S/C33H28N6O/c1-19(2)31-34-22-10-5-7-12-25(22)37(31)21-16-17-24-29(18-21)39-28-15-9-14-27(30(28)40-33(39)36-24)38-26-13-8-6-11-23(26)35-32(38)20(3)4/h5-20H,1-4H3. The van der Waals surface area contributed by atoms with E-state index < -0.39 is 0 Å². The molecule has 0 bridgehead atoms. The van der Waals surface area contributed by atoms with E-state index in [2.05, 4.69) is 114 Å². The molecule has 0 fully saturated rings. The minimum atomic E-state index is 0.241. The zero-order valence-electron chi connectivity index (χ0n) is 22.8. The molecule has 8 rings (SSSR count). The summed E-state index contributed by atoms with van der Waals surface area (Å²) in [5, 5.41) is 0.